The molecule has 3 aliphatic rings. The van der Waals surface area contributed by atoms with Crippen molar-refractivity contribution in [2.24, 2.45) is 5.92 Å². The predicted molar refractivity (Wildman–Crippen MR) is 92.0 cm³/mol. The summed E-state index contributed by atoms with van der Waals surface area (Å²) in [6.07, 6.45) is 5.10. The lowest BCUT2D eigenvalue weighted by Gasteiger charge is -2.36. The number of halogens is 1. The van der Waals surface area contributed by atoms with Crippen molar-refractivity contribution in [3.05, 3.63) is 35.6 Å². The fourth-order valence-electron chi connectivity index (χ4n) is 3.92. The van der Waals surface area contributed by atoms with Gasteiger partial charge in [-0.2, -0.15) is 0 Å². The Labute approximate surface area is 147 Å². The Morgan fingerprint density at radius 3 is 2.52 bits per heavy atom. The van der Waals surface area contributed by atoms with Gasteiger partial charge in [-0.15, -0.1) is 0 Å². The van der Waals surface area contributed by atoms with E-state index < -0.39 is 0 Å². The van der Waals surface area contributed by atoms with E-state index in [2.05, 4.69) is 10.9 Å². The Balaban J connectivity index is 1.47. The molecule has 5 nitrogen and oxygen atoms in total. The van der Waals surface area contributed by atoms with Crippen molar-refractivity contribution in [2.45, 2.75) is 56.8 Å². The molecule has 6 heteroatoms. The van der Waals surface area contributed by atoms with Crippen molar-refractivity contribution >= 4 is 5.91 Å². The van der Waals surface area contributed by atoms with Crippen molar-refractivity contribution < 1.29 is 13.9 Å². The van der Waals surface area contributed by atoms with Gasteiger partial charge in [-0.25, -0.2) is 9.82 Å². The summed E-state index contributed by atoms with van der Waals surface area (Å²) in [5.74, 6) is 0.618. The van der Waals surface area contributed by atoms with E-state index in [0.29, 0.717) is 25.8 Å². The van der Waals surface area contributed by atoms with Crippen LogP contribution < -0.4 is 10.9 Å². The Hall–Kier alpha value is -1.50. The molecule has 1 amide bonds. The smallest absolute Gasteiger partial charge is 0.241 e. The number of carbonyl (C=O) groups is 1. The zero-order chi connectivity index (χ0) is 17.2. The van der Waals surface area contributed by atoms with Crippen LogP contribution in [0.3, 0.4) is 0 Å². The normalized spacial score (nSPS) is 27.4. The maximum Gasteiger partial charge on any atom is 0.241 e. The molecule has 1 aliphatic carbocycles. The SMILES string of the molecule is O=C(C1CC(C2CC2)NN1)N(Cc1ccc(F)cc1)C1CCOCC1. The summed E-state index contributed by atoms with van der Waals surface area (Å²) in [5, 5.41) is 0. The van der Waals surface area contributed by atoms with Gasteiger partial charge in [0.15, 0.2) is 0 Å². The van der Waals surface area contributed by atoms with Crippen LogP contribution in [0.2, 0.25) is 0 Å². The van der Waals surface area contributed by atoms with Crippen LogP contribution in [0.1, 0.15) is 37.7 Å². The van der Waals surface area contributed by atoms with Crippen LogP contribution in [-0.4, -0.2) is 42.1 Å². The number of nitrogens with one attached hydrogen (secondary N) is 2. The molecule has 2 aliphatic heterocycles. The first-order valence-electron chi connectivity index (χ1n) is 9.34. The van der Waals surface area contributed by atoms with Crippen LogP contribution >= 0.6 is 0 Å². The number of rotatable bonds is 5. The lowest BCUT2D eigenvalue weighted by atomic mass is 10.0. The lowest BCUT2D eigenvalue weighted by Crippen LogP contribution is -2.50. The van der Waals surface area contributed by atoms with Crippen molar-refractivity contribution in [3.8, 4) is 0 Å². The van der Waals surface area contributed by atoms with Gasteiger partial charge in [0.05, 0.1) is 0 Å². The van der Waals surface area contributed by atoms with Crippen LogP contribution in [0.15, 0.2) is 24.3 Å². The Bertz CT molecular complexity index is 599. The number of hydrazine groups is 1. The molecule has 0 aromatic heterocycles. The molecule has 1 aromatic rings. The zero-order valence-electron chi connectivity index (χ0n) is 14.4. The van der Waals surface area contributed by atoms with E-state index in [1.54, 1.807) is 12.1 Å². The first kappa shape index (κ1) is 16.9. The molecule has 0 bridgehead atoms. The van der Waals surface area contributed by atoms with E-state index in [-0.39, 0.29) is 23.8 Å². The Morgan fingerprint density at radius 2 is 1.84 bits per heavy atom. The largest absolute Gasteiger partial charge is 0.381 e. The number of benzene rings is 1. The molecule has 0 radical (unpaired) electrons. The minimum absolute atomic E-state index is 0.145. The van der Waals surface area contributed by atoms with Crippen LogP contribution in [0, 0.1) is 11.7 Å². The first-order valence-corrected chi connectivity index (χ1v) is 9.34. The van der Waals surface area contributed by atoms with Gasteiger partial charge in [0.2, 0.25) is 5.91 Å². The minimum atomic E-state index is -0.248. The molecule has 2 saturated heterocycles. The zero-order valence-corrected chi connectivity index (χ0v) is 14.4. The molecule has 3 fully saturated rings. The molecule has 2 atom stereocenters. The quantitative estimate of drug-likeness (QED) is 0.855. The van der Waals surface area contributed by atoms with Gasteiger partial charge in [0, 0.05) is 31.8 Å². The van der Waals surface area contributed by atoms with E-state index in [9.17, 15) is 9.18 Å². The third-order valence-corrected chi connectivity index (χ3v) is 5.60. The van der Waals surface area contributed by atoms with Crippen molar-refractivity contribution in [1.82, 2.24) is 15.8 Å². The number of amides is 1. The second-order valence-electron chi connectivity index (χ2n) is 7.46. The molecule has 0 spiro atoms. The monoisotopic (exact) mass is 347 g/mol. The molecule has 1 aromatic carbocycles. The summed E-state index contributed by atoms with van der Waals surface area (Å²) in [4.78, 5) is 15.2. The van der Waals surface area contributed by atoms with Gasteiger partial charge >= 0.3 is 0 Å². The van der Waals surface area contributed by atoms with E-state index in [0.717, 1.165) is 30.7 Å². The average molecular weight is 347 g/mol. The van der Waals surface area contributed by atoms with E-state index in [1.165, 1.54) is 25.0 Å². The van der Waals surface area contributed by atoms with Gasteiger partial charge in [0.1, 0.15) is 11.9 Å². The second kappa shape index (κ2) is 7.40. The highest BCUT2D eigenvalue weighted by molar-refractivity contribution is 5.82. The van der Waals surface area contributed by atoms with Crippen LogP contribution in [-0.2, 0) is 16.1 Å². The fraction of sp³-hybridized carbons (Fsp3) is 0.632. The van der Waals surface area contributed by atoms with Crippen LogP contribution in [0.5, 0.6) is 0 Å². The molecule has 2 unspecified atom stereocenters. The standard InChI is InChI=1S/C19H26FN3O2/c20-15-5-1-13(2-6-15)12-23(16-7-9-25-10-8-16)19(24)18-11-17(21-22-18)14-3-4-14/h1-2,5-6,14,16-18,21-22H,3-4,7-12H2. The maximum atomic E-state index is 13.2. The fourth-order valence-corrected chi connectivity index (χ4v) is 3.92. The van der Waals surface area contributed by atoms with Crippen LogP contribution in [0.4, 0.5) is 4.39 Å². The first-order chi connectivity index (χ1) is 12.2. The summed E-state index contributed by atoms with van der Waals surface area (Å²) in [6, 6.07) is 6.88. The van der Waals surface area contributed by atoms with Gasteiger partial charge in [-0.05, 0) is 55.7 Å². The van der Waals surface area contributed by atoms with Crippen molar-refractivity contribution in [2.75, 3.05) is 13.2 Å². The minimum Gasteiger partial charge on any atom is -0.381 e. The third-order valence-electron chi connectivity index (χ3n) is 5.60. The van der Waals surface area contributed by atoms with Crippen molar-refractivity contribution in [3.63, 3.8) is 0 Å². The topological polar surface area (TPSA) is 53.6 Å². The third kappa shape index (κ3) is 4.02. The highest BCUT2D eigenvalue weighted by Gasteiger charge is 2.41. The molecule has 2 heterocycles. The van der Waals surface area contributed by atoms with Gasteiger partial charge < -0.3 is 9.64 Å². The lowest BCUT2D eigenvalue weighted by molar-refractivity contribution is -0.138. The predicted octanol–water partition coefficient (Wildman–Crippen LogP) is 1.98. The average Bonchev–Trinajstić information content (AvgIpc) is 3.38. The van der Waals surface area contributed by atoms with Crippen LogP contribution in [0.25, 0.3) is 0 Å². The number of carbonyl (C=O) groups excluding carboxylic acids is 1. The maximum absolute atomic E-state index is 13.2. The molecule has 136 valence electrons. The Morgan fingerprint density at radius 1 is 1.12 bits per heavy atom. The molecule has 4 rings (SSSR count). The van der Waals surface area contributed by atoms with Crippen molar-refractivity contribution in [1.29, 1.82) is 0 Å². The Kier molecular flexibility index (Phi) is 5.01. The summed E-state index contributed by atoms with van der Waals surface area (Å²) in [6.45, 7) is 1.91. The van der Waals surface area contributed by atoms with Gasteiger partial charge in [-0.3, -0.25) is 10.2 Å². The van der Waals surface area contributed by atoms with E-state index >= 15 is 0 Å². The number of hydrogen-bond acceptors (Lipinski definition) is 4. The number of ether oxygens (including phenoxy) is 1. The van der Waals surface area contributed by atoms with Gasteiger partial charge in [-0.1, -0.05) is 12.1 Å². The highest BCUT2D eigenvalue weighted by atomic mass is 19.1. The van der Waals surface area contributed by atoms with E-state index in [4.69, 9.17) is 4.74 Å². The summed E-state index contributed by atoms with van der Waals surface area (Å²) in [5.41, 5.74) is 7.48. The number of nitrogens with zero attached hydrogens (tertiary/aromatic N) is 1. The molecule has 25 heavy (non-hydrogen) atoms. The number of hydrogen-bond donors (Lipinski definition) is 2. The highest BCUT2D eigenvalue weighted by Crippen LogP contribution is 2.36. The summed E-state index contributed by atoms with van der Waals surface area (Å²) < 4.78 is 18.7. The summed E-state index contributed by atoms with van der Waals surface area (Å²) in [7, 11) is 0. The molecular formula is C19H26FN3O2. The van der Waals surface area contributed by atoms with E-state index in [1.807, 2.05) is 4.90 Å². The molecule has 1 saturated carbocycles. The van der Waals surface area contributed by atoms with Gasteiger partial charge in [0.25, 0.3) is 0 Å². The summed E-state index contributed by atoms with van der Waals surface area (Å²) >= 11 is 0. The molecule has 2 N–H and O–H groups in total. The molecular weight excluding hydrogens is 321 g/mol. The second-order valence-corrected chi connectivity index (χ2v) is 7.46.